The van der Waals surface area contributed by atoms with E-state index in [2.05, 4.69) is 41.5 Å². The number of phosphoric ester groups is 2. The van der Waals surface area contributed by atoms with Crippen LogP contribution in [0.25, 0.3) is 0 Å². The van der Waals surface area contributed by atoms with Crippen molar-refractivity contribution in [2.45, 2.75) is 374 Å². The minimum atomic E-state index is -4.95. The van der Waals surface area contributed by atoms with Gasteiger partial charge in [0, 0.05) is 25.7 Å². The molecule has 0 amide bonds. The Kier molecular flexibility index (Phi) is 60.8. The number of hydrogen-bond donors (Lipinski definition) is 3. The Hall–Kier alpha value is -1.94. The lowest BCUT2D eigenvalue weighted by Crippen LogP contribution is -2.30. The summed E-state index contributed by atoms with van der Waals surface area (Å²) in [7, 11) is -9.89. The summed E-state index contributed by atoms with van der Waals surface area (Å²) in [5, 5.41) is 10.6. The highest BCUT2D eigenvalue weighted by Gasteiger charge is 2.30. The summed E-state index contributed by atoms with van der Waals surface area (Å²) >= 11 is 0. The molecule has 89 heavy (non-hydrogen) atoms. The molecule has 0 aliphatic heterocycles. The van der Waals surface area contributed by atoms with Crippen molar-refractivity contribution in [2.24, 2.45) is 11.8 Å². The predicted octanol–water partition coefficient (Wildman–Crippen LogP) is 20.0. The average molecular weight is 1310 g/mol. The molecular weight excluding hydrogens is 1170 g/mol. The zero-order valence-corrected chi connectivity index (χ0v) is 59.5. The maximum absolute atomic E-state index is 13.0. The summed E-state index contributed by atoms with van der Waals surface area (Å²) in [6.07, 6.45) is 47.6. The lowest BCUT2D eigenvalue weighted by Gasteiger charge is -2.21. The second-order valence-electron chi connectivity index (χ2n) is 26.2. The summed E-state index contributed by atoms with van der Waals surface area (Å²) < 4.78 is 68.1. The molecule has 0 saturated carbocycles. The van der Waals surface area contributed by atoms with E-state index in [4.69, 9.17) is 37.0 Å². The van der Waals surface area contributed by atoms with Crippen LogP contribution in [0.5, 0.6) is 0 Å². The molecule has 0 aliphatic rings. The number of hydrogen-bond acceptors (Lipinski definition) is 15. The molecule has 17 nitrogen and oxygen atoms in total. The van der Waals surface area contributed by atoms with Crippen molar-refractivity contribution >= 4 is 39.5 Å². The summed E-state index contributed by atoms with van der Waals surface area (Å²) in [4.78, 5) is 72.3. The van der Waals surface area contributed by atoms with Gasteiger partial charge in [-0.15, -0.1) is 0 Å². The number of carbonyl (C=O) groups excluding carboxylic acids is 4. The maximum atomic E-state index is 13.0. The van der Waals surface area contributed by atoms with Gasteiger partial charge in [0.15, 0.2) is 12.2 Å². The van der Waals surface area contributed by atoms with Gasteiger partial charge in [-0.2, -0.15) is 0 Å². The van der Waals surface area contributed by atoms with Gasteiger partial charge in [0.05, 0.1) is 26.4 Å². The molecule has 0 fully saturated rings. The molecule has 0 heterocycles. The number of aliphatic hydroxyl groups is 1. The van der Waals surface area contributed by atoms with Crippen LogP contribution in [0.4, 0.5) is 0 Å². The van der Waals surface area contributed by atoms with E-state index in [9.17, 15) is 43.2 Å². The van der Waals surface area contributed by atoms with Gasteiger partial charge in [-0.05, 0) is 37.5 Å². The van der Waals surface area contributed by atoms with E-state index in [1.165, 1.54) is 161 Å². The minimum Gasteiger partial charge on any atom is -0.462 e. The molecule has 2 unspecified atom stereocenters. The number of unbranched alkanes of at least 4 members (excludes halogenated alkanes) is 39. The third-order valence-corrected chi connectivity index (χ3v) is 18.1. The van der Waals surface area contributed by atoms with Crippen LogP contribution < -0.4 is 0 Å². The molecule has 5 atom stereocenters. The van der Waals surface area contributed by atoms with Crippen LogP contribution >= 0.6 is 15.6 Å². The van der Waals surface area contributed by atoms with Crippen molar-refractivity contribution in [2.75, 3.05) is 39.6 Å². The van der Waals surface area contributed by atoms with Crippen LogP contribution in [0.1, 0.15) is 356 Å². The molecule has 0 aliphatic carbocycles. The summed E-state index contributed by atoms with van der Waals surface area (Å²) in [5.74, 6) is -0.688. The Morgan fingerprint density at radius 3 is 0.764 bits per heavy atom. The third kappa shape index (κ3) is 64.6. The van der Waals surface area contributed by atoms with Gasteiger partial charge in [0.25, 0.3) is 0 Å². The number of esters is 4. The first-order valence-corrected chi connectivity index (χ1v) is 39.5. The molecule has 0 saturated heterocycles. The smallest absolute Gasteiger partial charge is 0.462 e. The second kappa shape index (κ2) is 62.2. The fraction of sp³-hybridized carbons (Fsp3) is 0.943. The van der Waals surface area contributed by atoms with Gasteiger partial charge in [0.2, 0.25) is 0 Å². The molecule has 0 radical (unpaired) electrons. The van der Waals surface area contributed by atoms with Crippen molar-refractivity contribution in [1.29, 1.82) is 0 Å². The summed E-state index contributed by atoms with van der Waals surface area (Å²) in [6.45, 7) is 9.42. The van der Waals surface area contributed by atoms with Crippen molar-refractivity contribution < 1.29 is 80.2 Å². The SMILES string of the molecule is CCCCCCCCCCCCCCCCCCCCCCC(=O)O[C@H](COC(=O)CCCCCCCCCCC(C)C)COP(=O)(O)OC[C@@H](O)COP(=O)(O)OC[C@@H](COC(=O)CCCCCCCCC)OC(=O)CCCCCCCCCCC(C)C. The zero-order valence-electron chi connectivity index (χ0n) is 57.7. The molecule has 0 rings (SSSR count). The van der Waals surface area contributed by atoms with Gasteiger partial charge in [-0.25, -0.2) is 9.13 Å². The number of ether oxygens (including phenoxy) is 4. The van der Waals surface area contributed by atoms with E-state index in [0.717, 1.165) is 115 Å². The Labute approximate surface area is 543 Å². The first kappa shape index (κ1) is 87.1. The molecule has 0 aromatic heterocycles. The zero-order chi connectivity index (χ0) is 65.7. The van der Waals surface area contributed by atoms with Crippen molar-refractivity contribution in [3.8, 4) is 0 Å². The fourth-order valence-electron chi connectivity index (χ4n) is 10.6. The molecule has 0 spiro atoms. The van der Waals surface area contributed by atoms with Crippen molar-refractivity contribution in [1.82, 2.24) is 0 Å². The van der Waals surface area contributed by atoms with Gasteiger partial charge < -0.3 is 33.8 Å². The number of aliphatic hydroxyl groups excluding tert-OH is 1. The van der Waals surface area contributed by atoms with Crippen molar-refractivity contribution in [3.63, 3.8) is 0 Å². The molecule has 3 N–H and O–H groups in total. The first-order valence-electron chi connectivity index (χ1n) is 36.5. The van der Waals surface area contributed by atoms with E-state index in [-0.39, 0.29) is 25.7 Å². The van der Waals surface area contributed by atoms with Crippen LogP contribution in [0, 0.1) is 11.8 Å². The van der Waals surface area contributed by atoms with Crippen LogP contribution in [0.15, 0.2) is 0 Å². The monoisotopic (exact) mass is 1310 g/mol. The van der Waals surface area contributed by atoms with Gasteiger partial charge in [0.1, 0.15) is 19.3 Å². The summed E-state index contributed by atoms with van der Waals surface area (Å²) in [5.41, 5.74) is 0. The Bertz CT molecular complexity index is 1730. The largest absolute Gasteiger partial charge is 0.472 e. The van der Waals surface area contributed by atoms with E-state index >= 15 is 0 Å². The second-order valence-corrected chi connectivity index (χ2v) is 29.1. The van der Waals surface area contributed by atoms with Crippen LogP contribution in [-0.2, 0) is 65.4 Å². The average Bonchev–Trinajstić information content (AvgIpc) is 3.71. The predicted molar refractivity (Wildman–Crippen MR) is 358 cm³/mol. The molecule has 0 aromatic carbocycles. The van der Waals surface area contributed by atoms with Crippen molar-refractivity contribution in [3.05, 3.63) is 0 Å². The number of phosphoric acid groups is 2. The van der Waals surface area contributed by atoms with Gasteiger partial charge >= 0.3 is 39.5 Å². The molecule has 19 heteroatoms. The molecule has 0 bridgehead atoms. The lowest BCUT2D eigenvalue weighted by atomic mass is 10.0. The Morgan fingerprint density at radius 2 is 0.517 bits per heavy atom. The molecular formula is C70H136O17P2. The fourth-order valence-corrected chi connectivity index (χ4v) is 12.2. The van der Waals surface area contributed by atoms with E-state index < -0.39 is 97.5 Å². The Morgan fingerprint density at radius 1 is 0.303 bits per heavy atom. The maximum Gasteiger partial charge on any atom is 0.472 e. The standard InChI is InChI=1S/C70H136O17P2/c1-7-9-11-13-15-16-17-18-19-20-21-22-23-24-25-26-27-36-42-48-54-69(74)86-66(59-81-68(73)53-47-41-35-30-28-33-38-44-50-62(3)4)61-85-89(78,79)83-57-64(71)56-82-88(76,77)84-60-65(58-80-67(72)52-46-40-32-14-12-10-8-2)87-70(75)55-49-43-37-31-29-34-39-45-51-63(5)6/h62-66,71H,7-61H2,1-6H3,(H,76,77)(H,78,79)/t64-,65+,66+/m0/s1. The topological polar surface area (TPSA) is 237 Å². The van der Waals surface area contributed by atoms with Gasteiger partial charge in [-0.1, -0.05) is 305 Å². The highest BCUT2D eigenvalue weighted by Crippen LogP contribution is 2.45. The van der Waals surface area contributed by atoms with Crippen LogP contribution in [-0.4, -0.2) is 96.7 Å². The summed E-state index contributed by atoms with van der Waals surface area (Å²) in [6, 6.07) is 0. The van der Waals surface area contributed by atoms with E-state index in [1.807, 2.05) is 0 Å². The molecule has 0 aromatic rings. The highest BCUT2D eigenvalue weighted by molar-refractivity contribution is 7.47. The normalized spacial score (nSPS) is 14.1. The van der Waals surface area contributed by atoms with Gasteiger partial charge in [-0.3, -0.25) is 37.3 Å². The quantitative estimate of drug-likeness (QED) is 0.0222. The Balaban J connectivity index is 5.15. The van der Waals surface area contributed by atoms with E-state index in [1.54, 1.807) is 0 Å². The molecule has 528 valence electrons. The first-order chi connectivity index (χ1) is 42.9. The lowest BCUT2D eigenvalue weighted by molar-refractivity contribution is -0.161. The number of rotatable bonds is 69. The minimum absolute atomic E-state index is 0.104. The number of carbonyl (C=O) groups is 4. The van der Waals surface area contributed by atoms with Crippen LogP contribution in [0.2, 0.25) is 0 Å². The van der Waals surface area contributed by atoms with E-state index in [0.29, 0.717) is 25.7 Å². The highest BCUT2D eigenvalue weighted by atomic mass is 31.2. The van der Waals surface area contributed by atoms with Crippen LogP contribution in [0.3, 0.4) is 0 Å². The third-order valence-electron chi connectivity index (χ3n) is 16.2.